The minimum absolute atomic E-state index is 0.0792. The van der Waals surface area contributed by atoms with Gasteiger partial charge < -0.3 is 5.11 Å². The van der Waals surface area contributed by atoms with Crippen LogP contribution in [0.1, 0.15) is 16.8 Å². The largest absolute Gasteiger partial charge is 0.390 e. The standard InChI is InChI=1S/C16H15ClN2O/c1-10-3-5-13(11(2)7-10)16-14(9-20)19-8-12(17)4-6-15(19)18-16/h3-8,20H,9H2,1-2H3. The Balaban J connectivity index is 2.30. The maximum atomic E-state index is 9.70. The summed E-state index contributed by atoms with van der Waals surface area (Å²) in [6, 6.07) is 9.88. The second kappa shape index (κ2) is 4.93. The van der Waals surface area contributed by atoms with Gasteiger partial charge in [0, 0.05) is 11.8 Å². The van der Waals surface area contributed by atoms with Crippen molar-refractivity contribution in [1.29, 1.82) is 0 Å². The van der Waals surface area contributed by atoms with Gasteiger partial charge in [0.25, 0.3) is 0 Å². The molecule has 0 aliphatic rings. The fourth-order valence-electron chi connectivity index (χ4n) is 2.51. The Morgan fingerprint density at radius 2 is 2.00 bits per heavy atom. The van der Waals surface area contributed by atoms with E-state index in [-0.39, 0.29) is 6.61 Å². The van der Waals surface area contributed by atoms with Crippen LogP contribution in [-0.2, 0) is 6.61 Å². The molecule has 0 saturated heterocycles. The first-order chi connectivity index (χ1) is 9.60. The lowest BCUT2D eigenvalue weighted by atomic mass is 10.0. The summed E-state index contributed by atoms with van der Waals surface area (Å²) in [5.41, 5.74) is 5.76. The molecule has 0 aliphatic heterocycles. The van der Waals surface area contributed by atoms with Gasteiger partial charge in [-0.1, -0.05) is 35.4 Å². The highest BCUT2D eigenvalue weighted by Gasteiger charge is 2.15. The van der Waals surface area contributed by atoms with E-state index >= 15 is 0 Å². The van der Waals surface area contributed by atoms with Gasteiger partial charge in [-0.25, -0.2) is 4.98 Å². The Labute approximate surface area is 122 Å². The molecule has 4 heteroatoms. The quantitative estimate of drug-likeness (QED) is 0.779. The minimum Gasteiger partial charge on any atom is -0.390 e. The molecule has 0 aliphatic carbocycles. The minimum atomic E-state index is -0.0792. The highest BCUT2D eigenvalue weighted by atomic mass is 35.5. The Bertz CT molecular complexity index is 793. The highest BCUT2D eigenvalue weighted by Crippen LogP contribution is 2.28. The van der Waals surface area contributed by atoms with E-state index in [2.05, 4.69) is 31.0 Å². The summed E-state index contributed by atoms with van der Waals surface area (Å²) in [4.78, 5) is 4.63. The third-order valence-corrected chi connectivity index (χ3v) is 3.69. The molecule has 0 atom stereocenters. The molecule has 3 aromatic rings. The lowest BCUT2D eigenvalue weighted by Gasteiger charge is -2.06. The number of fused-ring (bicyclic) bond motifs is 1. The highest BCUT2D eigenvalue weighted by molar-refractivity contribution is 6.30. The Kier molecular flexibility index (Phi) is 3.24. The fourth-order valence-corrected chi connectivity index (χ4v) is 2.67. The van der Waals surface area contributed by atoms with E-state index in [1.807, 2.05) is 16.5 Å². The zero-order valence-corrected chi connectivity index (χ0v) is 12.1. The summed E-state index contributed by atoms with van der Waals surface area (Å²) in [7, 11) is 0. The molecule has 3 nitrogen and oxygen atoms in total. The lowest BCUT2D eigenvalue weighted by Crippen LogP contribution is -1.95. The first-order valence-electron chi connectivity index (χ1n) is 6.45. The first-order valence-corrected chi connectivity index (χ1v) is 6.83. The van der Waals surface area contributed by atoms with E-state index in [0.29, 0.717) is 5.02 Å². The van der Waals surface area contributed by atoms with Gasteiger partial charge in [-0.05, 0) is 31.5 Å². The van der Waals surface area contributed by atoms with Gasteiger partial charge in [-0.3, -0.25) is 4.40 Å². The van der Waals surface area contributed by atoms with Crippen LogP contribution in [-0.4, -0.2) is 14.5 Å². The van der Waals surface area contributed by atoms with Crippen molar-refractivity contribution in [3.63, 3.8) is 0 Å². The van der Waals surface area contributed by atoms with Gasteiger partial charge >= 0.3 is 0 Å². The Morgan fingerprint density at radius 3 is 2.70 bits per heavy atom. The van der Waals surface area contributed by atoms with Crippen LogP contribution >= 0.6 is 11.6 Å². The van der Waals surface area contributed by atoms with E-state index < -0.39 is 0 Å². The number of halogens is 1. The topological polar surface area (TPSA) is 37.5 Å². The number of imidazole rings is 1. The SMILES string of the molecule is Cc1ccc(-c2nc3ccc(Cl)cn3c2CO)c(C)c1. The molecule has 102 valence electrons. The van der Waals surface area contributed by atoms with Gasteiger partial charge in [0.2, 0.25) is 0 Å². The van der Waals surface area contributed by atoms with Crippen LogP contribution in [0.3, 0.4) is 0 Å². The molecule has 0 amide bonds. The van der Waals surface area contributed by atoms with Crippen molar-refractivity contribution in [3.8, 4) is 11.3 Å². The molecule has 1 aromatic carbocycles. The van der Waals surface area contributed by atoms with Crippen molar-refractivity contribution in [3.05, 3.63) is 58.4 Å². The average molecular weight is 287 g/mol. The lowest BCUT2D eigenvalue weighted by molar-refractivity contribution is 0.276. The molecule has 1 N–H and O–H groups in total. The molecule has 3 rings (SSSR count). The van der Waals surface area contributed by atoms with Crippen molar-refractivity contribution < 1.29 is 5.11 Å². The molecule has 0 fully saturated rings. The van der Waals surface area contributed by atoms with Gasteiger partial charge in [0.05, 0.1) is 23.0 Å². The third kappa shape index (κ3) is 2.09. The van der Waals surface area contributed by atoms with Crippen LogP contribution in [0, 0.1) is 13.8 Å². The number of aryl methyl sites for hydroxylation is 2. The molecule has 20 heavy (non-hydrogen) atoms. The monoisotopic (exact) mass is 286 g/mol. The maximum Gasteiger partial charge on any atom is 0.137 e. The van der Waals surface area contributed by atoms with Gasteiger partial charge in [-0.15, -0.1) is 0 Å². The zero-order chi connectivity index (χ0) is 14.3. The summed E-state index contributed by atoms with van der Waals surface area (Å²) in [6.07, 6.45) is 1.78. The predicted molar refractivity (Wildman–Crippen MR) is 81.0 cm³/mol. The van der Waals surface area contributed by atoms with Gasteiger partial charge in [0.15, 0.2) is 0 Å². The molecular formula is C16H15ClN2O. The van der Waals surface area contributed by atoms with Crippen molar-refractivity contribution in [2.24, 2.45) is 0 Å². The number of hydrogen-bond donors (Lipinski definition) is 1. The summed E-state index contributed by atoms with van der Waals surface area (Å²) in [6.45, 7) is 4.04. The van der Waals surface area contributed by atoms with Crippen molar-refractivity contribution in [1.82, 2.24) is 9.38 Å². The fraction of sp³-hybridized carbons (Fsp3) is 0.188. The first kappa shape index (κ1) is 13.2. The van der Waals surface area contributed by atoms with E-state index in [1.165, 1.54) is 5.56 Å². The Hall–Kier alpha value is -1.84. The molecule has 0 unspecified atom stereocenters. The zero-order valence-electron chi connectivity index (χ0n) is 11.4. The number of pyridine rings is 1. The Morgan fingerprint density at radius 1 is 1.20 bits per heavy atom. The van der Waals surface area contributed by atoms with E-state index in [4.69, 9.17) is 11.6 Å². The van der Waals surface area contributed by atoms with Crippen molar-refractivity contribution >= 4 is 17.2 Å². The van der Waals surface area contributed by atoms with Gasteiger partial charge in [-0.2, -0.15) is 0 Å². The van der Waals surface area contributed by atoms with Crippen LogP contribution in [0.2, 0.25) is 5.02 Å². The summed E-state index contributed by atoms with van der Waals surface area (Å²) < 4.78 is 1.84. The van der Waals surface area contributed by atoms with E-state index in [0.717, 1.165) is 28.2 Å². The molecule has 2 heterocycles. The maximum absolute atomic E-state index is 9.70. The molecule has 0 saturated carbocycles. The molecule has 0 bridgehead atoms. The number of aliphatic hydroxyl groups is 1. The van der Waals surface area contributed by atoms with E-state index in [9.17, 15) is 5.11 Å². The number of aliphatic hydroxyl groups excluding tert-OH is 1. The number of hydrogen-bond acceptors (Lipinski definition) is 2. The number of rotatable bonds is 2. The van der Waals surface area contributed by atoms with Crippen LogP contribution in [0.15, 0.2) is 36.5 Å². The molecule has 0 spiro atoms. The van der Waals surface area contributed by atoms with Crippen LogP contribution in [0.25, 0.3) is 16.9 Å². The number of benzene rings is 1. The molecule has 2 aromatic heterocycles. The predicted octanol–water partition coefficient (Wildman–Crippen LogP) is 3.76. The third-order valence-electron chi connectivity index (χ3n) is 3.47. The second-order valence-electron chi connectivity index (χ2n) is 4.96. The summed E-state index contributed by atoms with van der Waals surface area (Å²) in [5, 5.41) is 10.3. The average Bonchev–Trinajstić information content (AvgIpc) is 2.76. The molecule has 0 radical (unpaired) electrons. The molecular weight excluding hydrogens is 272 g/mol. The second-order valence-corrected chi connectivity index (χ2v) is 5.40. The normalized spacial score (nSPS) is 11.2. The van der Waals surface area contributed by atoms with Crippen molar-refractivity contribution in [2.45, 2.75) is 20.5 Å². The van der Waals surface area contributed by atoms with Crippen LogP contribution < -0.4 is 0 Å². The summed E-state index contributed by atoms with van der Waals surface area (Å²) >= 11 is 6.02. The van der Waals surface area contributed by atoms with Crippen LogP contribution in [0.5, 0.6) is 0 Å². The van der Waals surface area contributed by atoms with E-state index in [1.54, 1.807) is 12.3 Å². The van der Waals surface area contributed by atoms with Crippen LogP contribution in [0.4, 0.5) is 0 Å². The summed E-state index contributed by atoms with van der Waals surface area (Å²) in [5.74, 6) is 0. The van der Waals surface area contributed by atoms with Crippen molar-refractivity contribution in [2.75, 3.05) is 0 Å². The van der Waals surface area contributed by atoms with Gasteiger partial charge in [0.1, 0.15) is 5.65 Å². The number of nitrogens with zero attached hydrogens (tertiary/aromatic N) is 2. The number of aromatic nitrogens is 2. The smallest absolute Gasteiger partial charge is 0.137 e.